The summed E-state index contributed by atoms with van der Waals surface area (Å²) in [4.78, 5) is 12.5. The van der Waals surface area contributed by atoms with Crippen molar-refractivity contribution in [1.29, 1.82) is 0 Å². The maximum Gasteiger partial charge on any atom is 0.220 e. The van der Waals surface area contributed by atoms with Crippen LogP contribution in [0.5, 0.6) is 0 Å². The third kappa shape index (κ3) is 64.4. The number of hydrogen-bond acceptors (Lipinski definition) is 3. The van der Waals surface area contributed by atoms with Gasteiger partial charge in [-0.2, -0.15) is 0 Å². The summed E-state index contributed by atoms with van der Waals surface area (Å²) < 4.78 is 0. The van der Waals surface area contributed by atoms with Gasteiger partial charge in [0.25, 0.3) is 0 Å². The van der Waals surface area contributed by atoms with Crippen molar-refractivity contribution in [1.82, 2.24) is 5.32 Å². The van der Waals surface area contributed by atoms with Crippen molar-refractivity contribution >= 4 is 5.91 Å². The molecule has 0 aromatic heterocycles. The van der Waals surface area contributed by atoms with Crippen molar-refractivity contribution in [3.05, 3.63) is 85.1 Å². The zero-order valence-corrected chi connectivity index (χ0v) is 52.4. The zero-order valence-electron chi connectivity index (χ0n) is 52.4. The molecule has 0 aliphatic carbocycles. The van der Waals surface area contributed by atoms with Crippen LogP contribution in [-0.4, -0.2) is 34.9 Å². The Morgan fingerprint density at radius 2 is 0.564 bits per heavy atom. The van der Waals surface area contributed by atoms with Crippen LogP contribution in [0.4, 0.5) is 0 Å². The van der Waals surface area contributed by atoms with Gasteiger partial charge in [-0.25, -0.2) is 0 Å². The fraction of sp³-hybridized carbons (Fsp3) is 0.797. The molecule has 0 saturated carbocycles. The van der Waals surface area contributed by atoms with Crippen LogP contribution in [0.25, 0.3) is 0 Å². The molecule has 0 bridgehead atoms. The molecule has 0 heterocycles. The lowest BCUT2D eigenvalue weighted by Crippen LogP contribution is -2.45. The summed E-state index contributed by atoms with van der Waals surface area (Å²) in [5.41, 5.74) is 0. The molecule has 2 unspecified atom stereocenters. The highest BCUT2D eigenvalue weighted by Crippen LogP contribution is 2.18. The number of carbonyl (C=O) groups is 1. The molecule has 454 valence electrons. The molecule has 78 heavy (non-hydrogen) atoms. The largest absolute Gasteiger partial charge is 0.394 e. The van der Waals surface area contributed by atoms with Gasteiger partial charge in [0.05, 0.1) is 18.8 Å². The van der Waals surface area contributed by atoms with Gasteiger partial charge in [0.15, 0.2) is 0 Å². The van der Waals surface area contributed by atoms with Gasteiger partial charge in [-0.1, -0.05) is 369 Å². The molecule has 1 amide bonds. The van der Waals surface area contributed by atoms with E-state index in [4.69, 9.17) is 0 Å². The molecule has 0 aliphatic rings. The van der Waals surface area contributed by atoms with E-state index in [1.807, 2.05) is 6.08 Å². The Bertz CT molecular complexity index is 1370. The number of amides is 1. The lowest BCUT2D eigenvalue weighted by atomic mass is 10.0. The fourth-order valence-corrected chi connectivity index (χ4v) is 10.7. The molecule has 0 aromatic rings. The van der Waals surface area contributed by atoms with Crippen LogP contribution in [0.1, 0.15) is 361 Å². The Morgan fingerprint density at radius 1 is 0.321 bits per heavy atom. The van der Waals surface area contributed by atoms with Gasteiger partial charge < -0.3 is 15.5 Å². The van der Waals surface area contributed by atoms with E-state index in [1.165, 1.54) is 276 Å². The quantitative estimate of drug-likeness (QED) is 0.0420. The van der Waals surface area contributed by atoms with Crippen LogP contribution >= 0.6 is 0 Å². The number of hydrogen-bond donors (Lipinski definition) is 3. The molecule has 0 aromatic carbocycles. The van der Waals surface area contributed by atoms with Crippen LogP contribution in [0, 0.1) is 0 Å². The minimum absolute atomic E-state index is 0.0609. The van der Waals surface area contributed by atoms with E-state index in [0.717, 1.165) is 64.2 Å². The SMILES string of the molecule is CC/C=C\C/C=C\C/C=C\C/C=C\C/C=C\C/C=C\CCCCCCCCCCCCCCCCCCC(=O)NC(CO)C(O)/C=C/CCCCCCCCCCCCCCCCCCCCCCCCCCCCCCC. The Labute approximate surface area is 488 Å². The van der Waals surface area contributed by atoms with E-state index < -0.39 is 12.1 Å². The monoisotopic (exact) mass is 1090 g/mol. The minimum Gasteiger partial charge on any atom is -0.394 e. The standard InChI is InChI=1S/C74H135NO3/c1-3-5-7-9-11-13-15-17-19-21-23-25-27-29-31-33-35-36-37-38-40-42-44-46-48-50-52-54-56-58-60-62-64-66-68-70-74(78)75-72(71-76)73(77)69-67-65-63-61-59-57-55-53-51-49-47-45-43-41-39-34-32-30-28-26-24-22-20-18-16-14-12-10-8-6-4-2/h5,7,11,13,17,19,23,25,29,31,35-36,67,69,72-73,76-77H,3-4,6,8-10,12,14-16,18,20-22,24,26-28,30,32-34,37-66,68,70-71H2,1-2H3,(H,75,78)/b7-5-,13-11-,19-17-,25-23-,31-29-,36-35-,69-67+. The van der Waals surface area contributed by atoms with E-state index in [-0.39, 0.29) is 12.5 Å². The molecule has 4 heteroatoms. The second-order valence-electron chi connectivity index (χ2n) is 23.6. The third-order valence-corrected chi connectivity index (χ3v) is 15.9. The van der Waals surface area contributed by atoms with Gasteiger partial charge >= 0.3 is 0 Å². The zero-order chi connectivity index (χ0) is 56.2. The Kier molecular flexibility index (Phi) is 66.7. The van der Waals surface area contributed by atoms with Crippen LogP contribution < -0.4 is 5.32 Å². The molecule has 0 spiro atoms. The molecular formula is C74H135NO3. The molecule has 0 fully saturated rings. The molecule has 0 saturated heterocycles. The van der Waals surface area contributed by atoms with E-state index in [0.29, 0.717) is 6.42 Å². The predicted molar refractivity (Wildman–Crippen MR) is 350 cm³/mol. The highest BCUT2D eigenvalue weighted by Gasteiger charge is 2.18. The third-order valence-electron chi connectivity index (χ3n) is 15.9. The molecule has 0 radical (unpaired) electrons. The maximum atomic E-state index is 12.5. The number of aliphatic hydroxyl groups is 2. The van der Waals surface area contributed by atoms with E-state index in [9.17, 15) is 15.0 Å². The fourth-order valence-electron chi connectivity index (χ4n) is 10.7. The Hall–Kier alpha value is -2.43. The summed E-state index contributed by atoms with van der Waals surface area (Å²) in [5.74, 6) is -0.0609. The van der Waals surface area contributed by atoms with Crippen LogP contribution in [0.2, 0.25) is 0 Å². The number of rotatable bonds is 64. The Morgan fingerprint density at radius 3 is 0.846 bits per heavy atom. The van der Waals surface area contributed by atoms with E-state index in [2.05, 4.69) is 92.1 Å². The summed E-state index contributed by atoms with van der Waals surface area (Å²) in [6.45, 7) is 4.23. The van der Waals surface area contributed by atoms with Crippen molar-refractivity contribution < 1.29 is 15.0 Å². The van der Waals surface area contributed by atoms with Gasteiger partial charge in [-0.3, -0.25) is 4.79 Å². The Balaban J connectivity index is 3.46. The van der Waals surface area contributed by atoms with Crippen molar-refractivity contribution in [2.75, 3.05) is 6.61 Å². The first-order chi connectivity index (χ1) is 38.7. The van der Waals surface area contributed by atoms with E-state index >= 15 is 0 Å². The second-order valence-corrected chi connectivity index (χ2v) is 23.6. The maximum absolute atomic E-state index is 12.5. The summed E-state index contributed by atoms with van der Waals surface area (Å²) in [5, 5.41) is 23.3. The van der Waals surface area contributed by atoms with Gasteiger partial charge in [-0.05, 0) is 70.6 Å². The lowest BCUT2D eigenvalue weighted by Gasteiger charge is -2.20. The summed E-state index contributed by atoms with van der Waals surface area (Å²) in [6.07, 6.45) is 101. The van der Waals surface area contributed by atoms with Crippen molar-refractivity contribution in [3.8, 4) is 0 Å². The van der Waals surface area contributed by atoms with Crippen LogP contribution in [0.3, 0.4) is 0 Å². The number of nitrogens with one attached hydrogen (secondary N) is 1. The van der Waals surface area contributed by atoms with Gasteiger partial charge in [-0.15, -0.1) is 0 Å². The average molecular weight is 1090 g/mol. The van der Waals surface area contributed by atoms with Gasteiger partial charge in [0.1, 0.15) is 0 Å². The summed E-state index contributed by atoms with van der Waals surface area (Å²) >= 11 is 0. The average Bonchev–Trinajstić information content (AvgIpc) is 3.44. The first kappa shape index (κ1) is 75.6. The summed E-state index contributed by atoms with van der Waals surface area (Å²) in [6, 6.07) is -0.627. The molecule has 0 rings (SSSR count). The molecule has 4 nitrogen and oxygen atoms in total. The number of aliphatic hydroxyl groups excluding tert-OH is 2. The van der Waals surface area contributed by atoms with E-state index in [1.54, 1.807) is 6.08 Å². The first-order valence-electron chi connectivity index (χ1n) is 34.8. The predicted octanol–water partition coefficient (Wildman–Crippen LogP) is 23.8. The number of unbranched alkanes of at least 4 members (excludes halogenated alkanes) is 45. The van der Waals surface area contributed by atoms with Crippen molar-refractivity contribution in [2.45, 2.75) is 373 Å². The summed E-state index contributed by atoms with van der Waals surface area (Å²) in [7, 11) is 0. The minimum atomic E-state index is -0.844. The molecule has 0 aliphatic heterocycles. The van der Waals surface area contributed by atoms with Crippen molar-refractivity contribution in [3.63, 3.8) is 0 Å². The number of carbonyl (C=O) groups excluding carboxylic acids is 1. The molecule has 3 N–H and O–H groups in total. The van der Waals surface area contributed by atoms with Crippen LogP contribution in [0.15, 0.2) is 85.1 Å². The normalized spacial score (nSPS) is 13.2. The van der Waals surface area contributed by atoms with Gasteiger partial charge in [0, 0.05) is 6.42 Å². The lowest BCUT2D eigenvalue weighted by molar-refractivity contribution is -0.123. The second kappa shape index (κ2) is 68.8. The first-order valence-corrected chi connectivity index (χ1v) is 34.8. The topological polar surface area (TPSA) is 69.6 Å². The molecule has 2 atom stereocenters. The van der Waals surface area contributed by atoms with Crippen LogP contribution in [-0.2, 0) is 4.79 Å². The smallest absolute Gasteiger partial charge is 0.220 e. The van der Waals surface area contributed by atoms with Gasteiger partial charge in [0.2, 0.25) is 5.91 Å². The van der Waals surface area contributed by atoms with Crippen molar-refractivity contribution in [2.24, 2.45) is 0 Å². The number of allylic oxidation sites excluding steroid dienone is 13. The highest BCUT2D eigenvalue weighted by atomic mass is 16.3. The highest BCUT2D eigenvalue weighted by molar-refractivity contribution is 5.76. The molecular weight excluding hydrogens is 951 g/mol.